The molecule has 6 nitrogen and oxygen atoms in total. The predicted molar refractivity (Wildman–Crippen MR) is 119 cm³/mol. The number of hydrogen-bond acceptors (Lipinski definition) is 5. The zero-order valence-corrected chi connectivity index (χ0v) is 18.4. The summed E-state index contributed by atoms with van der Waals surface area (Å²) in [6.45, 7) is 5.09. The van der Waals surface area contributed by atoms with E-state index in [1.807, 2.05) is 42.5 Å². The first-order valence-corrected chi connectivity index (χ1v) is 11.2. The first-order chi connectivity index (χ1) is 15.5. The van der Waals surface area contributed by atoms with Crippen molar-refractivity contribution in [2.75, 3.05) is 13.4 Å². The number of allylic oxidation sites excluding steroid dienone is 2. The predicted octanol–water partition coefficient (Wildman–Crippen LogP) is 4.45. The molecule has 0 aromatic heterocycles. The Labute approximate surface area is 187 Å². The summed E-state index contributed by atoms with van der Waals surface area (Å²) in [4.78, 5) is 25.8. The number of ketones is 1. The molecule has 6 heteroatoms. The van der Waals surface area contributed by atoms with E-state index < -0.39 is 0 Å². The van der Waals surface area contributed by atoms with E-state index in [0.717, 1.165) is 28.1 Å². The lowest BCUT2D eigenvalue weighted by Gasteiger charge is -2.34. The number of amides is 1. The van der Waals surface area contributed by atoms with Gasteiger partial charge < -0.3 is 19.5 Å². The van der Waals surface area contributed by atoms with Crippen LogP contribution in [0.1, 0.15) is 56.1 Å². The number of ether oxygens (including phenoxy) is 3. The topological polar surface area (TPSA) is 73.9 Å². The molecule has 2 atom stereocenters. The van der Waals surface area contributed by atoms with Gasteiger partial charge >= 0.3 is 0 Å². The smallest absolute Gasteiger partial charge is 0.231 e. The van der Waals surface area contributed by atoms with E-state index in [0.29, 0.717) is 36.9 Å². The van der Waals surface area contributed by atoms with E-state index in [1.165, 1.54) is 0 Å². The first-order valence-electron chi connectivity index (χ1n) is 11.2. The van der Waals surface area contributed by atoms with Crippen molar-refractivity contribution in [2.45, 2.75) is 44.9 Å². The Balaban J connectivity index is 1.39. The molecule has 2 aliphatic heterocycles. The number of hydrogen-bond donors (Lipinski definition) is 1. The molecule has 1 amide bonds. The fourth-order valence-corrected chi connectivity index (χ4v) is 4.71. The van der Waals surface area contributed by atoms with Crippen LogP contribution in [0.3, 0.4) is 0 Å². The molecule has 0 fully saturated rings. The highest BCUT2D eigenvalue weighted by molar-refractivity contribution is 6.02. The maximum absolute atomic E-state index is 13.3. The number of rotatable bonds is 5. The lowest BCUT2D eigenvalue weighted by molar-refractivity contribution is -0.122. The van der Waals surface area contributed by atoms with Crippen LogP contribution >= 0.6 is 0 Å². The van der Waals surface area contributed by atoms with Gasteiger partial charge in [0.15, 0.2) is 17.3 Å². The van der Waals surface area contributed by atoms with Crippen LogP contribution in [-0.4, -0.2) is 25.1 Å². The molecule has 1 aliphatic carbocycles. The van der Waals surface area contributed by atoms with Crippen molar-refractivity contribution in [2.24, 2.45) is 5.92 Å². The Morgan fingerprint density at radius 2 is 1.72 bits per heavy atom. The van der Waals surface area contributed by atoms with Crippen LogP contribution in [0.5, 0.6) is 17.2 Å². The van der Waals surface area contributed by atoms with Crippen molar-refractivity contribution in [1.82, 2.24) is 5.32 Å². The van der Waals surface area contributed by atoms with E-state index in [1.54, 1.807) is 0 Å². The molecule has 0 radical (unpaired) electrons. The Kier molecular flexibility index (Phi) is 5.37. The van der Waals surface area contributed by atoms with E-state index >= 15 is 0 Å². The lowest BCUT2D eigenvalue weighted by atomic mass is 9.73. The van der Waals surface area contributed by atoms with Crippen molar-refractivity contribution in [3.63, 3.8) is 0 Å². The monoisotopic (exact) mass is 433 g/mol. The zero-order valence-electron chi connectivity index (χ0n) is 18.4. The van der Waals surface area contributed by atoms with Gasteiger partial charge in [0, 0.05) is 30.0 Å². The molecule has 0 saturated carbocycles. The van der Waals surface area contributed by atoms with Gasteiger partial charge in [-0.1, -0.05) is 32.0 Å². The van der Waals surface area contributed by atoms with Gasteiger partial charge in [0.2, 0.25) is 12.7 Å². The number of benzene rings is 2. The van der Waals surface area contributed by atoms with Gasteiger partial charge in [-0.3, -0.25) is 9.59 Å². The van der Waals surface area contributed by atoms with Gasteiger partial charge in [0.1, 0.15) is 5.75 Å². The molecule has 3 aliphatic rings. The van der Waals surface area contributed by atoms with E-state index in [9.17, 15) is 9.59 Å². The van der Waals surface area contributed by atoms with Crippen molar-refractivity contribution < 1.29 is 23.8 Å². The first kappa shape index (κ1) is 20.6. The van der Waals surface area contributed by atoms with Crippen LogP contribution in [-0.2, 0) is 9.59 Å². The minimum absolute atomic E-state index is 0.0382. The molecule has 2 aromatic rings. The third kappa shape index (κ3) is 3.97. The highest BCUT2D eigenvalue weighted by atomic mass is 16.7. The Morgan fingerprint density at radius 3 is 2.50 bits per heavy atom. The van der Waals surface area contributed by atoms with Crippen LogP contribution in [0.4, 0.5) is 0 Å². The molecule has 166 valence electrons. The Morgan fingerprint density at radius 1 is 0.969 bits per heavy atom. The van der Waals surface area contributed by atoms with Crippen LogP contribution < -0.4 is 19.5 Å². The lowest BCUT2D eigenvalue weighted by Crippen LogP contribution is -2.38. The zero-order chi connectivity index (χ0) is 22.2. The average molecular weight is 434 g/mol. The van der Waals surface area contributed by atoms with Gasteiger partial charge in [-0.25, -0.2) is 0 Å². The number of fused-ring (bicyclic) bond motifs is 1. The minimum atomic E-state index is -0.256. The SMILES string of the molecule is CC(C)COc1ccc(C2CC(=O)C3=C(C2)NC(=O)CC3c2ccc3c(c2)OCO3)cc1. The standard InChI is InChI=1S/C26H27NO5/c1-15(2)13-30-19-6-3-16(4-7-19)18-9-21-26(22(28)10-18)20(12-25(29)27-21)17-5-8-23-24(11-17)32-14-31-23/h3-8,11,15,18,20H,9-10,12-14H2,1-2H3,(H,27,29). The Hall–Kier alpha value is -3.28. The third-order valence-corrected chi connectivity index (χ3v) is 6.27. The highest BCUT2D eigenvalue weighted by Gasteiger charge is 2.38. The van der Waals surface area contributed by atoms with E-state index in [-0.39, 0.29) is 36.7 Å². The molecule has 0 bridgehead atoms. The van der Waals surface area contributed by atoms with Gasteiger partial charge in [-0.05, 0) is 53.6 Å². The van der Waals surface area contributed by atoms with Crippen LogP contribution in [0.15, 0.2) is 53.7 Å². The number of Topliss-reactive ketones (excluding diaryl/α,β-unsaturated/α-hetero) is 1. The van der Waals surface area contributed by atoms with Crippen molar-refractivity contribution in [1.29, 1.82) is 0 Å². The van der Waals surface area contributed by atoms with Crippen LogP contribution in [0.2, 0.25) is 0 Å². The average Bonchev–Trinajstić information content (AvgIpc) is 3.25. The molecule has 2 aromatic carbocycles. The molecule has 2 unspecified atom stereocenters. The number of carbonyl (C=O) groups excluding carboxylic acids is 2. The number of carbonyl (C=O) groups is 2. The van der Waals surface area contributed by atoms with Crippen LogP contribution in [0, 0.1) is 5.92 Å². The van der Waals surface area contributed by atoms with Crippen molar-refractivity contribution >= 4 is 11.7 Å². The molecule has 0 saturated heterocycles. The molecule has 5 rings (SSSR count). The maximum Gasteiger partial charge on any atom is 0.231 e. The molecular formula is C26H27NO5. The second-order valence-corrected chi connectivity index (χ2v) is 9.11. The Bertz CT molecular complexity index is 1090. The van der Waals surface area contributed by atoms with Gasteiger partial charge in [0.25, 0.3) is 0 Å². The van der Waals surface area contributed by atoms with Gasteiger partial charge in [-0.15, -0.1) is 0 Å². The van der Waals surface area contributed by atoms with Gasteiger partial charge in [0.05, 0.1) is 6.61 Å². The largest absolute Gasteiger partial charge is 0.493 e. The fourth-order valence-electron chi connectivity index (χ4n) is 4.71. The van der Waals surface area contributed by atoms with Crippen LogP contribution in [0.25, 0.3) is 0 Å². The molecule has 32 heavy (non-hydrogen) atoms. The van der Waals surface area contributed by atoms with E-state index in [2.05, 4.69) is 19.2 Å². The fraction of sp³-hybridized carbons (Fsp3) is 0.385. The summed E-state index contributed by atoms with van der Waals surface area (Å²) in [5, 5.41) is 2.98. The summed E-state index contributed by atoms with van der Waals surface area (Å²) >= 11 is 0. The molecule has 2 heterocycles. The van der Waals surface area contributed by atoms with Crippen molar-refractivity contribution in [3.05, 3.63) is 64.9 Å². The second-order valence-electron chi connectivity index (χ2n) is 9.11. The summed E-state index contributed by atoms with van der Waals surface area (Å²) < 4.78 is 16.7. The second kappa shape index (κ2) is 8.34. The van der Waals surface area contributed by atoms with Crippen molar-refractivity contribution in [3.8, 4) is 17.2 Å². The summed E-state index contributed by atoms with van der Waals surface area (Å²) in [5.41, 5.74) is 3.48. The summed E-state index contributed by atoms with van der Waals surface area (Å²) in [7, 11) is 0. The summed E-state index contributed by atoms with van der Waals surface area (Å²) in [6.07, 6.45) is 1.33. The van der Waals surface area contributed by atoms with Gasteiger partial charge in [-0.2, -0.15) is 0 Å². The molecule has 1 N–H and O–H groups in total. The highest BCUT2D eigenvalue weighted by Crippen LogP contribution is 2.44. The van der Waals surface area contributed by atoms with E-state index in [4.69, 9.17) is 14.2 Å². The molecular weight excluding hydrogens is 406 g/mol. The minimum Gasteiger partial charge on any atom is -0.493 e. The normalized spacial score (nSPS) is 22.1. The third-order valence-electron chi connectivity index (χ3n) is 6.27. The number of nitrogens with one attached hydrogen (secondary N) is 1. The molecule has 0 spiro atoms. The summed E-state index contributed by atoms with van der Waals surface area (Å²) in [5.74, 6) is 2.47. The quantitative estimate of drug-likeness (QED) is 0.754. The maximum atomic E-state index is 13.3. The summed E-state index contributed by atoms with van der Waals surface area (Å²) in [6, 6.07) is 13.6.